The van der Waals surface area contributed by atoms with Crippen molar-refractivity contribution in [2.45, 2.75) is 0 Å². The van der Waals surface area contributed by atoms with E-state index in [1.54, 1.807) is 6.07 Å². The fourth-order valence-electron chi connectivity index (χ4n) is 0.315. The highest BCUT2D eigenvalue weighted by Gasteiger charge is 1.88. The molecule has 0 aliphatic carbocycles. The predicted octanol–water partition coefficient (Wildman–Crippen LogP) is 0.885. The summed E-state index contributed by atoms with van der Waals surface area (Å²) in [6, 6.07) is 1.56. The number of nitrogens with two attached hydrogens (primary N) is 1. The van der Waals surface area contributed by atoms with Crippen molar-refractivity contribution in [3.05, 3.63) is 22.7 Å². The Hall–Kier alpha value is -0.870. The zero-order valence-corrected chi connectivity index (χ0v) is 6.88. The van der Waals surface area contributed by atoms with E-state index in [1.165, 1.54) is 6.20 Å². The van der Waals surface area contributed by atoms with Crippen molar-refractivity contribution < 1.29 is 4.79 Å². The fraction of sp³-hybridized carbons (Fsp3) is 0. The Morgan fingerprint density at radius 2 is 2.09 bits per heavy atom. The summed E-state index contributed by atoms with van der Waals surface area (Å²) in [6.45, 7) is 0. The Balaban J connectivity index is 0.000000292. The van der Waals surface area contributed by atoms with Gasteiger partial charge in [0.05, 0.1) is 0 Å². The number of nitrogens with zero attached hydrogens (tertiary/aromatic N) is 2. The molecule has 11 heavy (non-hydrogen) atoms. The van der Waals surface area contributed by atoms with Crippen LogP contribution in [0.2, 0.25) is 10.4 Å². The Bertz CT molecular complexity index is 213. The van der Waals surface area contributed by atoms with Gasteiger partial charge in [-0.25, -0.2) is 9.97 Å². The molecule has 0 aliphatic rings. The van der Waals surface area contributed by atoms with E-state index in [9.17, 15) is 0 Å². The Kier molecular flexibility index (Phi) is 5.42. The number of carbonyl (C=O) groups is 1. The second-order valence-electron chi connectivity index (χ2n) is 1.28. The summed E-state index contributed by atoms with van der Waals surface area (Å²) in [6.07, 6.45) is 1.75. The Morgan fingerprint density at radius 3 is 2.36 bits per heavy atom. The third-order valence-corrected chi connectivity index (χ3v) is 0.985. The van der Waals surface area contributed by atoms with Gasteiger partial charge >= 0.3 is 0 Å². The molecule has 1 aromatic rings. The highest BCUT2D eigenvalue weighted by molar-refractivity contribution is 6.31. The Morgan fingerprint density at radius 1 is 1.55 bits per heavy atom. The number of carbonyl (C=O) groups excluding carboxylic acids is 1. The van der Waals surface area contributed by atoms with E-state index in [-0.39, 0.29) is 11.7 Å². The number of primary amides is 1. The van der Waals surface area contributed by atoms with Crippen molar-refractivity contribution in [3.63, 3.8) is 0 Å². The van der Waals surface area contributed by atoms with E-state index in [0.29, 0.717) is 5.15 Å². The second kappa shape index (κ2) is 5.88. The van der Waals surface area contributed by atoms with Gasteiger partial charge in [0.15, 0.2) is 0 Å². The highest BCUT2D eigenvalue weighted by atomic mass is 35.5. The van der Waals surface area contributed by atoms with Gasteiger partial charge in [0, 0.05) is 6.20 Å². The van der Waals surface area contributed by atoms with E-state index < -0.39 is 0 Å². The molecular formula is C5H5Cl2N3O. The van der Waals surface area contributed by atoms with Crippen LogP contribution in [0.4, 0.5) is 0 Å². The van der Waals surface area contributed by atoms with E-state index in [0.717, 1.165) is 0 Å². The molecule has 6 heteroatoms. The molecule has 0 aromatic carbocycles. The molecule has 60 valence electrons. The number of hydrogen-bond acceptors (Lipinski definition) is 3. The van der Waals surface area contributed by atoms with Crippen LogP contribution in [-0.4, -0.2) is 16.4 Å². The van der Waals surface area contributed by atoms with Crippen molar-refractivity contribution in [1.29, 1.82) is 0 Å². The van der Waals surface area contributed by atoms with Gasteiger partial charge in [0.25, 0.3) is 0 Å². The summed E-state index contributed by atoms with van der Waals surface area (Å²) in [5.41, 5.74) is 4.17. The number of amides is 1. The molecule has 1 heterocycles. The van der Waals surface area contributed by atoms with Gasteiger partial charge in [0.2, 0.25) is 11.7 Å². The molecule has 0 fully saturated rings. The molecule has 1 aromatic heterocycles. The molecule has 0 saturated carbocycles. The summed E-state index contributed by atoms with van der Waals surface area (Å²) in [5.74, 6) is 0. The first-order chi connectivity index (χ1) is 5.20. The van der Waals surface area contributed by atoms with Crippen molar-refractivity contribution in [2.24, 2.45) is 5.73 Å². The highest BCUT2D eigenvalue weighted by Crippen LogP contribution is 2.04. The van der Waals surface area contributed by atoms with Crippen LogP contribution in [0.1, 0.15) is 0 Å². The van der Waals surface area contributed by atoms with E-state index in [2.05, 4.69) is 15.7 Å². The first-order valence-electron chi connectivity index (χ1n) is 2.50. The molecule has 0 saturated heterocycles. The molecule has 0 unspecified atom stereocenters. The number of aromatic nitrogens is 2. The van der Waals surface area contributed by atoms with E-state index >= 15 is 0 Å². The normalized spacial score (nSPS) is 7.82. The van der Waals surface area contributed by atoms with Gasteiger partial charge in [-0.1, -0.05) is 11.6 Å². The van der Waals surface area contributed by atoms with Crippen molar-refractivity contribution in [3.8, 4) is 0 Å². The largest absolute Gasteiger partial charge is 0.372 e. The number of halogens is 2. The zero-order chi connectivity index (χ0) is 8.69. The molecule has 0 spiro atoms. The maximum atomic E-state index is 8.58. The van der Waals surface area contributed by atoms with Crippen LogP contribution in [-0.2, 0) is 4.79 Å². The predicted molar refractivity (Wildman–Crippen MR) is 42.3 cm³/mol. The van der Waals surface area contributed by atoms with Gasteiger partial charge in [-0.05, 0) is 17.7 Å². The first kappa shape index (κ1) is 10.1. The lowest BCUT2D eigenvalue weighted by Gasteiger charge is -1.85. The average molecular weight is 194 g/mol. The fourth-order valence-corrected chi connectivity index (χ4v) is 0.642. The molecule has 1 amide bonds. The molecule has 0 bridgehead atoms. The van der Waals surface area contributed by atoms with Gasteiger partial charge in [-0.2, -0.15) is 0 Å². The van der Waals surface area contributed by atoms with Gasteiger partial charge < -0.3 is 5.73 Å². The number of hydrogen-bond donors (Lipinski definition) is 1. The minimum absolute atomic E-state index is 0.178. The average Bonchev–Trinajstić information content (AvgIpc) is 1.88. The van der Waals surface area contributed by atoms with Gasteiger partial charge in [0.1, 0.15) is 5.15 Å². The van der Waals surface area contributed by atoms with Crippen LogP contribution in [0.25, 0.3) is 0 Å². The van der Waals surface area contributed by atoms with Crippen molar-refractivity contribution in [2.75, 3.05) is 0 Å². The standard InChI is InChI=1S/C4H2Cl2N2.CH3NO/c5-3-1-2-7-4(6)8-3;2-1-3/h1-2H;1H,(H2,2,3). The molecular weight excluding hydrogens is 189 g/mol. The molecule has 1 rings (SSSR count). The summed E-state index contributed by atoms with van der Waals surface area (Å²) in [5, 5.41) is 0.544. The third kappa shape index (κ3) is 5.57. The van der Waals surface area contributed by atoms with Crippen LogP contribution in [0.15, 0.2) is 12.3 Å². The zero-order valence-electron chi connectivity index (χ0n) is 5.37. The summed E-state index contributed by atoms with van der Waals surface area (Å²) >= 11 is 10.7. The molecule has 0 radical (unpaired) electrons. The molecule has 0 aliphatic heterocycles. The lowest BCUT2D eigenvalue weighted by molar-refractivity contribution is -0.106. The minimum atomic E-state index is 0.178. The van der Waals surface area contributed by atoms with Crippen LogP contribution in [0.3, 0.4) is 0 Å². The molecule has 4 nitrogen and oxygen atoms in total. The van der Waals surface area contributed by atoms with E-state index in [4.69, 9.17) is 28.0 Å². The lowest BCUT2D eigenvalue weighted by Crippen LogP contribution is -1.82. The summed E-state index contributed by atoms with van der Waals surface area (Å²) in [4.78, 5) is 15.8. The third-order valence-electron chi connectivity index (χ3n) is 0.592. The molecule has 0 atom stereocenters. The van der Waals surface area contributed by atoms with Crippen molar-refractivity contribution in [1.82, 2.24) is 9.97 Å². The topological polar surface area (TPSA) is 68.9 Å². The quantitative estimate of drug-likeness (QED) is 0.378. The summed E-state index contributed by atoms with van der Waals surface area (Å²) in [7, 11) is 0. The molecule has 2 N–H and O–H groups in total. The smallest absolute Gasteiger partial charge is 0.223 e. The minimum Gasteiger partial charge on any atom is -0.372 e. The van der Waals surface area contributed by atoms with Crippen LogP contribution in [0.5, 0.6) is 0 Å². The van der Waals surface area contributed by atoms with Gasteiger partial charge in [-0.15, -0.1) is 0 Å². The number of rotatable bonds is 0. The maximum Gasteiger partial charge on any atom is 0.223 e. The SMILES string of the molecule is Clc1ccnc(Cl)n1.NC=O. The summed E-state index contributed by atoms with van der Waals surface area (Å²) < 4.78 is 0. The van der Waals surface area contributed by atoms with E-state index in [1.807, 2.05) is 0 Å². The lowest BCUT2D eigenvalue weighted by atomic mass is 10.7. The first-order valence-corrected chi connectivity index (χ1v) is 3.25. The van der Waals surface area contributed by atoms with Crippen LogP contribution < -0.4 is 5.73 Å². The second-order valence-corrected chi connectivity index (χ2v) is 2.01. The van der Waals surface area contributed by atoms with Crippen LogP contribution >= 0.6 is 23.2 Å². The maximum absolute atomic E-state index is 8.58. The van der Waals surface area contributed by atoms with Crippen molar-refractivity contribution >= 4 is 29.6 Å². The monoisotopic (exact) mass is 193 g/mol. The van der Waals surface area contributed by atoms with Crippen LogP contribution in [0, 0.1) is 0 Å². The van der Waals surface area contributed by atoms with Gasteiger partial charge in [-0.3, -0.25) is 4.79 Å². The Labute approximate surface area is 73.3 Å².